The summed E-state index contributed by atoms with van der Waals surface area (Å²) in [4.78, 5) is 8.38. The highest BCUT2D eigenvalue weighted by molar-refractivity contribution is 5.77. The van der Waals surface area contributed by atoms with E-state index in [2.05, 4.69) is 34.4 Å². The molecule has 106 valence electrons. The molecule has 0 spiro atoms. The van der Waals surface area contributed by atoms with Crippen molar-refractivity contribution in [2.75, 3.05) is 22.9 Å². The van der Waals surface area contributed by atoms with Crippen molar-refractivity contribution < 1.29 is 0 Å². The van der Waals surface area contributed by atoms with Crippen LogP contribution >= 0.6 is 0 Å². The highest BCUT2D eigenvalue weighted by atomic mass is 15.1. The summed E-state index contributed by atoms with van der Waals surface area (Å²) in [5, 5.41) is 6.45. The fourth-order valence-electron chi connectivity index (χ4n) is 1.79. The Kier molecular flexibility index (Phi) is 4.76. The number of aromatic nitrogens is 2. The topological polar surface area (TPSA) is 75.9 Å². The number of hydrogen-bond acceptors (Lipinski definition) is 5. The highest BCUT2D eigenvalue weighted by Gasteiger charge is 2.07. The predicted molar refractivity (Wildman–Crippen MR) is 84.3 cm³/mol. The number of nitrogens with one attached hydrogen (secondary N) is 2. The summed E-state index contributed by atoms with van der Waals surface area (Å²) in [6.07, 6.45) is 3.73. The average Bonchev–Trinajstić information content (AvgIpc) is 2.45. The van der Waals surface area contributed by atoms with Gasteiger partial charge in [0.25, 0.3) is 0 Å². The Morgan fingerprint density at radius 2 is 1.80 bits per heavy atom. The Morgan fingerprint density at radius 3 is 2.50 bits per heavy atom. The molecular formula is C15H21N5. The van der Waals surface area contributed by atoms with Gasteiger partial charge in [0.15, 0.2) is 11.6 Å². The number of aryl methyl sites for hydroxylation is 1. The molecule has 0 amide bonds. The first-order valence-corrected chi connectivity index (χ1v) is 6.88. The van der Waals surface area contributed by atoms with Gasteiger partial charge < -0.3 is 16.4 Å². The molecular weight excluding hydrogens is 250 g/mol. The summed E-state index contributed by atoms with van der Waals surface area (Å²) in [5.74, 6) is 1.31. The molecule has 0 aliphatic rings. The fraction of sp³-hybridized carbons (Fsp3) is 0.333. The molecule has 0 bridgehead atoms. The third kappa shape index (κ3) is 3.60. The summed E-state index contributed by atoms with van der Waals surface area (Å²) in [7, 11) is 0. The normalized spacial score (nSPS) is 10.3. The van der Waals surface area contributed by atoms with Crippen LogP contribution in [0.3, 0.4) is 0 Å². The van der Waals surface area contributed by atoms with Gasteiger partial charge in [-0.15, -0.1) is 0 Å². The molecule has 2 rings (SSSR count). The molecule has 0 saturated heterocycles. The molecule has 2 aromatic rings. The lowest BCUT2D eigenvalue weighted by molar-refractivity contribution is 0.831. The van der Waals surface area contributed by atoms with Gasteiger partial charge in [0.1, 0.15) is 12.0 Å². The molecule has 1 heterocycles. The first-order chi connectivity index (χ1) is 9.70. The molecule has 0 saturated carbocycles. The molecule has 1 aromatic carbocycles. The molecule has 1 aromatic heterocycles. The zero-order valence-corrected chi connectivity index (χ0v) is 12.0. The zero-order valence-electron chi connectivity index (χ0n) is 12.0. The van der Waals surface area contributed by atoms with Crippen molar-refractivity contribution in [2.24, 2.45) is 0 Å². The van der Waals surface area contributed by atoms with Crippen molar-refractivity contribution in [3.8, 4) is 0 Å². The molecule has 20 heavy (non-hydrogen) atoms. The molecule has 0 atom stereocenters. The maximum Gasteiger partial charge on any atom is 0.159 e. The molecule has 5 heteroatoms. The van der Waals surface area contributed by atoms with Crippen LogP contribution in [0.5, 0.6) is 0 Å². The van der Waals surface area contributed by atoms with Crippen molar-refractivity contribution in [1.82, 2.24) is 9.97 Å². The summed E-state index contributed by atoms with van der Waals surface area (Å²) in [5.41, 5.74) is 8.81. The Balaban J connectivity index is 2.11. The maximum absolute atomic E-state index is 6.09. The SMILES string of the molecule is CCCCNc1ncnc(Nc2ccc(C)cc2)c1N. The van der Waals surface area contributed by atoms with Gasteiger partial charge in [-0.05, 0) is 25.5 Å². The highest BCUT2D eigenvalue weighted by Crippen LogP contribution is 2.25. The van der Waals surface area contributed by atoms with Gasteiger partial charge in [0.05, 0.1) is 0 Å². The molecule has 0 unspecified atom stereocenters. The number of rotatable bonds is 6. The van der Waals surface area contributed by atoms with E-state index in [4.69, 9.17) is 5.73 Å². The largest absolute Gasteiger partial charge is 0.393 e. The van der Waals surface area contributed by atoms with Crippen molar-refractivity contribution in [1.29, 1.82) is 0 Å². The maximum atomic E-state index is 6.09. The first-order valence-electron chi connectivity index (χ1n) is 6.88. The Morgan fingerprint density at radius 1 is 1.10 bits per heavy atom. The van der Waals surface area contributed by atoms with E-state index in [9.17, 15) is 0 Å². The molecule has 0 aliphatic heterocycles. The minimum absolute atomic E-state index is 0.546. The second kappa shape index (κ2) is 6.75. The standard InChI is InChI=1S/C15H21N5/c1-3-4-9-17-14-13(16)15(19-10-18-14)20-12-7-5-11(2)6-8-12/h5-8,10H,3-4,9,16H2,1-2H3,(H2,17,18,19,20). The van der Waals surface area contributed by atoms with Gasteiger partial charge in [-0.2, -0.15) is 0 Å². The van der Waals surface area contributed by atoms with Crippen molar-refractivity contribution >= 4 is 23.0 Å². The van der Waals surface area contributed by atoms with Crippen molar-refractivity contribution in [3.05, 3.63) is 36.2 Å². The summed E-state index contributed by atoms with van der Waals surface area (Å²) in [6.45, 7) is 5.07. The van der Waals surface area contributed by atoms with E-state index in [1.165, 1.54) is 11.9 Å². The van der Waals surface area contributed by atoms with Crippen LogP contribution < -0.4 is 16.4 Å². The van der Waals surface area contributed by atoms with E-state index in [-0.39, 0.29) is 0 Å². The molecule has 0 aliphatic carbocycles. The van der Waals surface area contributed by atoms with E-state index in [1.807, 2.05) is 24.3 Å². The lowest BCUT2D eigenvalue weighted by Gasteiger charge is -2.12. The fourth-order valence-corrected chi connectivity index (χ4v) is 1.79. The second-order valence-corrected chi connectivity index (χ2v) is 4.76. The molecule has 4 N–H and O–H groups in total. The van der Waals surface area contributed by atoms with E-state index in [0.717, 1.165) is 25.1 Å². The van der Waals surface area contributed by atoms with Crippen LogP contribution in [0.1, 0.15) is 25.3 Å². The van der Waals surface area contributed by atoms with Crippen molar-refractivity contribution in [3.63, 3.8) is 0 Å². The van der Waals surface area contributed by atoms with Crippen LogP contribution in [-0.2, 0) is 0 Å². The van der Waals surface area contributed by atoms with Gasteiger partial charge in [-0.25, -0.2) is 9.97 Å². The minimum atomic E-state index is 0.546. The predicted octanol–water partition coefficient (Wildman–Crippen LogP) is 3.32. The average molecular weight is 271 g/mol. The molecule has 5 nitrogen and oxygen atoms in total. The Hall–Kier alpha value is -2.30. The van der Waals surface area contributed by atoms with Gasteiger partial charge in [-0.3, -0.25) is 0 Å². The van der Waals surface area contributed by atoms with Crippen LogP contribution in [0.2, 0.25) is 0 Å². The number of hydrogen-bond donors (Lipinski definition) is 3. The van der Waals surface area contributed by atoms with E-state index >= 15 is 0 Å². The summed E-state index contributed by atoms with van der Waals surface area (Å²) < 4.78 is 0. The quantitative estimate of drug-likeness (QED) is 0.703. The Bertz CT molecular complexity index is 551. The zero-order chi connectivity index (χ0) is 14.4. The number of unbranched alkanes of at least 4 members (excludes halogenated alkanes) is 1. The number of nitrogens with two attached hydrogens (primary N) is 1. The minimum Gasteiger partial charge on any atom is -0.393 e. The molecule has 0 radical (unpaired) electrons. The van der Waals surface area contributed by atoms with E-state index < -0.39 is 0 Å². The van der Waals surface area contributed by atoms with Gasteiger partial charge in [-0.1, -0.05) is 31.0 Å². The smallest absolute Gasteiger partial charge is 0.159 e. The van der Waals surface area contributed by atoms with Crippen LogP contribution in [0.15, 0.2) is 30.6 Å². The monoisotopic (exact) mass is 271 g/mol. The van der Waals surface area contributed by atoms with Gasteiger partial charge >= 0.3 is 0 Å². The van der Waals surface area contributed by atoms with Crippen LogP contribution in [0.25, 0.3) is 0 Å². The third-order valence-electron chi connectivity index (χ3n) is 3.02. The number of anilines is 4. The number of nitrogens with zero attached hydrogens (tertiary/aromatic N) is 2. The summed E-state index contributed by atoms with van der Waals surface area (Å²) >= 11 is 0. The van der Waals surface area contributed by atoms with Crippen LogP contribution in [-0.4, -0.2) is 16.5 Å². The first kappa shape index (κ1) is 14.1. The number of benzene rings is 1. The van der Waals surface area contributed by atoms with E-state index in [0.29, 0.717) is 17.3 Å². The molecule has 0 fully saturated rings. The Labute approximate surface area is 119 Å². The lowest BCUT2D eigenvalue weighted by atomic mass is 10.2. The van der Waals surface area contributed by atoms with Crippen LogP contribution in [0.4, 0.5) is 23.0 Å². The van der Waals surface area contributed by atoms with Gasteiger partial charge in [0, 0.05) is 12.2 Å². The number of nitrogen functional groups attached to an aromatic ring is 1. The summed E-state index contributed by atoms with van der Waals surface area (Å²) in [6, 6.07) is 8.09. The van der Waals surface area contributed by atoms with Crippen LogP contribution in [0, 0.1) is 6.92 Å². The van der Waals surface area contributed by atoms with Crippen molar-refractivity contribution in [2.45, 2.75) is 26.7 Å². The van der Waals surface area contributed by atoms with Gasteiger partial charge in [0.2, 0.25) is 0 Å². The lowest BCUT2D eigenvalue weighted by Crippen LogP contribution is -2.09. The third-order valence-corrected chi connectivity index (χ3v) is 3.02. The van der Waals surface area contributed by atoms with E-state index in [1.54, 1.807) is 0 Å². The second-order valence-electron chi connectivity index (χ2n) is 4.76.